The van der Waals surface area contributed by atoms with Crippen molar-refractivity contribution in [2.24, 2.45) is 0 Å². The Balaban J connectivity index is 1.42. The lowest BCUT2D eigenvalue weighted by atomic mass is 10.1. The highest BCUT2D eigenvalue weighted by molar-refractivity contribution is 9.10. The summed E-state index contributed by atoms with van der Waals surface area (Å²) in [6.07, 6.45) is 8.03. The first-order valence-electron chi connectivity index (χ1n) is 12.9. The largest absolute Gasteiger partial charge is 0.454 e. The van der Waals surface area contributed by atoms with Crippen molar-refractivity contribution in [3.63, 3.8) is 0 Å². The Morgan fingerprint density at radius 2 is 1.87 bits per heavy atom. The highest BCUT2D eigenvalue weighted by Gasteiger charge is 2.17. The Kier molecular flexibility index (Phi) is 8.56. The van der Waals surface area contributed by atoms with E-state index in [9.17, 15) is 4.39 Å². The molecule has 5 nitrogen and oxygen atoms in total. The van der Waals surface area contributed by atoms with Gasteiger partial charge in [-0.2, -0.15) is 0 Å². The fourth-order valence-corrected chi connectivity index (χ4v) is 4.98. The van der Waals surface area contributed by atoms with Crippen LogP contribution in [0.25, 0.3) is 17.5 Å². The van der Waals surface area contributed by atoms with E-state index >= 15 is 0 Å². The van der Waals surface area contributed by atoms with Gasteiger partial charge in [-0.05, 0) is 42.3 Å². The van der Waals surface area contributed by atoms with Crippen molar-refractivity contribution >= 4 is 22.0 Å². The molecule has 196 valence electrons. The number of benzene rings is 3. The molecule has 7 heteroatoms. The van der Waals surface area contributed by atoms with Crippen molar-refractivity contribution in [3.05, 3.63) is 106 Å². The van der Waals surface area contributed by atoms with E-state index in [1.807, 2.05) is 48.7 Å². The van der Waals surface area contributed by atoms with Gasteiger partial charge in [-0.3, -0.25) is 4.90 Å². The number of unbranched alkanes of at least 4 members (excludes halogenated alkanes) is 1. The van der Waals surface area contributed by atoms with Crippen molar-refractivity contribution in [1.82, 2.24) is 14.5 Å². The van der Waals surface area contributed by atoms with Crippen LogP contribution in [0.5, 0.6) is 11.5 Å². The molecule has 0 fully saturated rings. The topological polar surface area (TPSA) is 39.5 Å². The van der Waals surface area contributed by atoms with Crippen molar-refractivity contribution in [2.75, 3.05) is 13.3 Å². The SMILES string of the molecule is CCCCn1c(CN(C/C=C\c2cc(Br)ccc2F)Cc2ccc3c(c2)OCO3)cnc1-c1ccccc1. The normalized spacial score (nSPS) is 12.6. The Morgan fingerprint density at radius 1 is 1.03 bits per heavy atom. The highest BCUT2D eigenvalue weighted by atomic mass is 79.9. The van der Waals surface area contributed by atoms with Crippen LogP contribution in [0, 0.1) is 5.82 Å². The molecule has 38 heavy (non-hydrogen) atoms. The lowest BCUT2D eigenvalue weighted by Gasteiger charge is -2.22. The summed E-state index contributed by atoms with van der Waals surface area (Å²) in [5.74, 6) is 2.30. The zero-order valence-corrected chi connectivity index (χ0v) is 23.0. The predicted molar refractivity (Wildman–Crippen MR) is 152 cm³/mol. The lowest BCUT2D eigenvalue weighted by molar-refractivity contribution is 0.174. The van der Waals surface area contributed by atoms with Gasteiger partial charge in [-0.1, -0.05) is 77.8 Å². The number of ether oxygens (including phenoxy) is 2. The van der Waals surface area contributed by atoms with E-state index in [0.717, 1.165) is 58.0 Å². The van der Waals surface area contributed by atoms with Crippen molar-refractivity contribution in [1.29, 1.82) is 0 Å². The molecule has 1 aliphatic heterocycles. The number of rotatable bonds is 11. The van der Waals surface area contributed by atoms with E-state index in [-0.39, 0.29) is 12.6 Å². The number of imidazole rings is 1. The van der Waals surface area contributed by atoms with Crippen molar-refractivity contribution < 1.29 is 13.9 Å². The molecule has 1 aromatic heterocycles. The Morgan fingerprint density at radius 3 is 2.71 bits per heavy atom. The number of fused-ring (bicyclic) bond motifs is 1. The van der Waals surface area contributed by atoms with Crippen LogP contribution in [-0.4, -0.2) is 27.8 Å². The van der Waals surface area contributed by atoms with Gasteiger partial charge in [0.2, 0.25) is 6.79 Å². The van der Waals surface area contributed by atoms with Crippen molar-refractivity contribution in [2.45, 2.75) is 39.4 Å². The maximum atomic E-state index is 14.3. The monoisotopic (exact) mass is 575 g/mol. The average Bonchev–Trinajstić information content (AvgIpc) is 3.56. The molecular weight excluding hydrogens is 545 g/mol. The lowest BCUT2D eigenvalue weighted by Crippen LogP contribution is -2.24. The molecule has 0 radical (unpaired) electrons. The minimum Gasteiger partial charge on any atom is -0.454 e. The fraction of sp³-hybridized carbons (Fsp3) is 0.258. The second-order valence-corrected chi connectivity index (χ2v) is 10.3. The standard InChI is InChI=1S/C31H31BrFN3O2/c1-2-3-16-36-27(19-34-31(36)24-8-5-4-6-9-24)21-35(15-7-10-25-18-26(32)12-13-28(25)33)20-23-11-14-29-30(17-23)38-22-37-29/h4-14,17-19H,2-3,15-16,20-22H2,1H3/b10-7-. The molecule has 4 aromatic rings. The summed E-state index contributed by atoms with van der Waals surface area (Å²) < 4.78 is 28.6. The van der Waals surface area contributed by atoms with Crippen LogP contribution >= 0.6 is 15.9 Å². The van der Waals surface area contributed by atoms with Crippen LogP contribution < -0.4 is 9.47 Å². The minimum atomic E-state index is -0.239. The Labute approximate surface area is 231 Å². The van der Waals surface area contributed by atoms with Gasteiger partial charge in [-0.25, -0.2) is 9.37 Å². The van der Waals surface area contributed by atoms with Gasteiger partial charge in [0, 0.05) is 41.8 Å². The summed E-state index contributed by atoms with van der Waals surface area (Å²) in [4.78, 5) is 7.15. The molecule has 0 bridgehead atoms. The number of hydrogen-bond donors (Lipinski definition) is 0. The first-order valence-corrected chi connectivity index (χ1v) is 13.7. The first kappa shape index (κ1) is 26.2. The van der Waals surface area contributed by atoms with Crippen LogP contribution in [0.1, 0.15) is 36.6 Å². The maximum Gasteiger partial charge on any atom is 0.231 e. The van der Waals surface area contributed by atoms with Gasteiger partial charge >= 0.3 is 0 Å². The Hall–Kier alpha value is -3.42. The molecule has 0 N–H and O–H groups in total. The molecule has 0 spiro atoms. The van der Waals surface area contributed by atoms with E-state index in [2.05, 4.69) is 50.5 Å². The molecule has 0 atom stereocenters. The van der Waals surface area contributed by atoms with Gasteiger partial charge in [-0.15, -0.1) is 0 Å². The van der Waals surface area contributed by atoms with Crippen LogP contribution in [0.3, 0.4) is 0 Å². The van der Waals surface area contributed by atoms with Crippen LogP contribution in [0.15, 0.2) is 83.5 Å². The van der Waals surface area contributed by atoms with Crippen molar-refractivity contribution in [3.8, 4) is 22.9 Å². The van der Waals surface area contributed by atoms with Crippen LogP contribution in [0.2, 0.25) is 0 Å². The van der Waals surface area contributed by atoms with E-state index in [1.54, 1.807) is 12.1 Å². The summed E-state index contributed by atoms with van der Waals surface area (Å²) in [6, 6.07) is 21.4. The fourth-order valence-electron chi connectivity index (χ4n) is 4.60. The van der Waals surface area contributed by atoms with E-state index in [0.29, 0.717) is 25.2 Å². The molecular formula is C31H31BrFN3O2. The van der Waals surface area contributed by atoms with Gasteiger partial charge in [0.1, 0.15) is 11.6 Å². The zero-order valence-electron chi connectivity index (χ0n) is 21.4. The third-order valence-electron chi connectivity index (χ3n) is 6.55. The van der Waals surface area contributed by atoms with Gasteiger partial charge in [0.15, 0.2) is 11.5 Å². The summed E-state index contributed by atoms with van der Waals surface area (Å²) in [5, 5.41) is 0. The number of halogens is 2. The summed E-state index contributed by atoms with van der Waals surface area (Å²) >= 11 is 3.44. The summed E-state index contributed by atoms with van der Waals surface area (Å²) in [6.45, 7) is 5.40. The summed E-state index contributed by atoms with van der Waals surface area (Å²) in [5.41, 5.74) is 3.95. The van der Waals surface area contributed by atoms with Crippen LogP contribution in [0.4, 0.5) is 4.39 Å². The number of hydrogen-bond acceptors (Lipinski definition) is 4. The van der Waals surface area contributed by atoms with Crippen LogP contribution in [-0.2, 0) is 19.6 Å². The molecule has 1 aliphatic rings. The third kappa shape index (κ3) is 6.34. The second kappa shape index (κ2) is 12.4. The first-order chi connectivity index (χ1) is 18.6. The predicted octanol–water partition coefficient (Wildman–Crippen LogP) is 7.70. The molecule has 2 heterocycles. The maximum absolute atomic E-state index is 14.3. The molecule has 0 amide bonds. The second-order valence-electron chi connectivity index (χ2n) is 9.37. The zero-order chi connectivity index (χ0) is 26.3. The van der Waals surface area contributed by atoms with E-state index in [4.69, 9.17) is 14.5 Å². The van der Waals surface area contributed by atoms with E-state index < -0.39 is 0 Å². The molecule has 3 aromatic carbocycles. The highest BCUT2D eigenvalue weighted by Crippen LogP contribution is 2.33. The third-order valence-corrected chi connectivity index (χ3v) is 7.05. The Bertz CT molecular complexity index is 1400. The minimum absolute atomic E-state index is 0.239. The average molecular weight is 577 g/mol. The van der Waals surface area contributed by atoms with Gasteiger partial charge in [0.25, 0.3) is 0 Å². The molecule has 0 saturated heterocycles. The molecule has 0 unspecified atom stereocenters. The summed E-state index contributed by atoms with van der Waals surface area (Å²) in [7, 11) is 0. The molecule has 0 saturated carbocycles. The molecule has 0 aliphatic carbocycles. The number of aromatic nitrogens is 2. The van der Waals surface area contributed by atoms with E-state index in [1.165, 1.54) is 6.07 Å². The van der Waals surface area contributed by atoms with Gasteiger partial charge in [0.05, 0.1) is 11.9 Å². The van der Waals surface area contributed by atoms with Gasteiger partial charge < -0.3 is 14.0 Å². The molecule has 5 rings (SSSR count). The number of nitrogens with zero attached hydrogens (tertiary/aromatic N) is 3. The quantitative estimate of drug-likeness (QED) is 0.184. The smallest absolute Gasteiger partial charge is 0.231 e.